The Labute approximate surface area is 139 Å². The van der Waals surface area contributed by atoms with Gasteiger partial charge in [-0.2, -0.15) is 0 Å². The monoisotopic (exact) mass is 335 g/mol. The SMILES string of the molecule is CC(C)CNC(=O)CSc1ccc(-c2ccc(Cl)cc2)nn1. The Balaban J connectivity index is 1.89. The molecule has 0 aliphatic heterocycles. The molecule has 0 unspecified atom stereocenters. The van der Waals surface area contributed by atoms with E-state index in [1.165, 1.54) is 11.8 Å². The van der Waals surface area contributed by atoms with E-state index < -0.39 is 0 Å². The van der Waals surface area contributed by atoms with Crippen molar-refractivity contribution in [2.75, 3.05) is 12.3 Å². The molecule has 22 heavy (non-hydrogen) atoms. The van der Waals surface area contributed by atoms with Crippen LogP contribution in [0.4, 0.5) is 0 Å². The highest BCUT2D eigenvalue weighted by Crippen LogP contribution is 2.21. The Morgan fingerprint density at radius 3 is 2.50 bits per heavy atom. The molecule has 0 aliphatic carbocycles. The van der Waals surface area contributed by atoms with Gasteiger partial charge < -0.3 is 5.32 Å². The molecule has 1 N–H and O–H groups in total. The molecule has 1 amide bonds. The summed E-state index contributed by atoms with van der Waals surface area (Å²) >= 11 is 7.24. The van der Waals surface area contributed by atoms with Crippen LogP contribution in [0.5, 0.6) is 0 Å². The number of amides is 1. The summed E-state index contributed by atoms with van der Waals surface area (Å²) in [7, 11) is 0. The average molecular weight is 336 g/mol. The fraction of sp³-hybridized carbons (Fsp3) is 0.312. The van der Waals surface area contributed by atoms with Crippen molar-refractivity contribution in [2.24, 2.45) is 5.92 Å². The minimum absolute atomic E-state index is 0.0160. The van der Waals surface area contributed by atoms with E-state index in [0.29, 0.717) is 23.2 Å². The van der Waals surface area contributed by atoms with Crippen molar-refractivity contribution < 1.29 is 4.79 Å². The van der Waals surface area contributed by atoms with Crippen LogP contribution in [0.2, 0.25) is 5.02 Å². The van der Waals surface area contributed by atoms with Gasteiger partial charge in [0.25, 0.3) is 0 Å². The van der Waals surface area contributed by atoms with Gasteiger partial charge in [0.2, 0.25) is 5.91 Å². The van der Waals surface area contributed by atoms with E-state index in [0.717, 1.165) is 16.3 Å². The second-order valence-electron chi connectivity index (χ2n) is 5.25. The molecule has 116 valence electrons. The zero-order valence-electron chi connectivity index (χ0n) is 12.5. The first kappa shape index (κ1) is 16.8. The third kappa shape index (κ3) is 5.31. The lowest BCUT2D eigenvalue weighted by molar-refractivity contribution is -0.118. The van der Waals surface area contributed by atoms with Crippen LogP contribution in [0.3, 0.4) is 0 Å². The quantitative estimate of drug-likeness (QED) is 0.818. The molecule has 0 atom stereocenters. The fourth-order valence-electron chi connectivity index (χ4n) is 1.68. The van der Waals surface area contributed by atoms with Gasteiger partial charge in [-0.25, -0.2) is 0 Å². The number of thioether (sulfide) groups is 1. The van der Waals surface area contributed by atoms with E-state index in [9.17, 15) is 4.79 Å². The normalized spacial score (nSPS) is 10.7. The number of nitrogens with one attached hydrogen (secondary N) is 1. The number of hydrogen-bond donors (Lipinski definition) is 1. The van der Waals surface area contributed by atoms with Gasteiger partial charge in [-0.1, -0.05) is 49.3 Å². The van der Waals surface area contributed by atoms with E-state index in [2.05, 4.69) is 29.4 Å². The molecule has 2 aromatic rings. The topological polar surface area (TPSA) is 54.9 Å². The van der Waals surface area contributed by atoms with E-state index in [1.54, 1.807) is 0 Å². The Kier molecular flexibility index (Phi) is 6.21. The average Bonchev–Trinajstić information content (AvgIpc) is 2.52. The fourth-order valence-corrected chi connectivity index (χ4v) is 2.45. The molecule has 1 aromatic heterocycles. The molecule has 0 fully saturated rings. The van der Waals surface area contributed by atoms with Crippen molar-refractivity contribution in [1.82, 2.24) is 15.5 Å². The van der Waals surface area contributed by atoms with Crippen LogP contribution in [0.25, 0.3) is 11.3 Å². The van der Waals surface area contributed by atoms with Gasteiger partial charge in [-0.3, -0.25) is 4.79 Å². The van der Waals surface area contributed by atoms with Crippen LogP contribution in [0.15, 0.2) is 41.4 Å². The second-order valence-corrected chi connectivity index (χ2v) is 6.68. The number of nitrogens with zero attached hydrogens (tertiary/aromatic N) is 2. The third-order valence-electron chi connectivity index (χ3n) is 2.84. The summed E-state index contributed by atoms with van der Waals surface area (Å²) in [6.07, 6.45) is 0. The molecule has 4 nitrogen and oxygen atoms in total. The summed E-state index contributed by atoms with van der Waals surface area (Å²) in [6, 6.07) is 11.2. The van der Waals surface area contributed by atoms with Crippen molar-refractivity contribution in [2.45, 2.75) is 18.9 Å². The minimum Gasteiger partial charge on any atom is -0.355 e. The molecule has 0 saturated heterocycles. The summed E-state index contributed by atoms with van der Waals surface area (Å²) in [5, 5.41) is 12.6. The molecule has 0 spiro atoms. The van der Waals surface area contributed by atoms with Crippen molar-refractivity contribution >= 4 is 29.3 Å². The molecule has 2 rings (SSSR count). The summed E-state index contributed by atoms with van der Waals surface area (Å²) in [5.74, 6) is 0.816. The Morgan fingerprint density at radius 1 is 1.18 bits per heavy atom. The van der Waals surface area contributed by atoms with Crippen molar-refractivity contribution in [3.63, 3.8) is 0 Å². The van der Waals surface area contributed by atoms with Crippen LogP contribution in [-0.4, -0.2) is 28.4 Å². The zero-order valence-corrected chi connectivity index (χ0v) is 14.1. The maximum Gasteiger partial charge on any atom is 0.230 e. The van der Waals surface area contributed by atoms with E-state index >= 15 is 0 Å². The van der Waals surface area contributed by atoms with Crippen LogP contribution in [0.1, 0.15) is 13.8 Å². The van der Waals surface area contributed by atoms with Gasteiger partial charge in [0.1, 0.15) is 5.03 Å². The number of rotatable bonds is 6. The van der Waals surface area contributed by atoms with Gasteiger partial charge in [-0.05, 0) is 30.2 Å². The number of carbonyl (C=O) groups is 1. The number of benzene rings is 1. The first-order chi connectivity index (χ1) is 10.5. The highest BCUT2D eigenvalue weighted by atomic mass is 35.5. The largest absolute Gasteiger partial charge is 0.355 e. The Hall–Kier alpha value is -1.59. The molecular formula is C16H18ClN3OS. The molecule has 0 saturated carbocycles. The third-order valence-corrected chi connectivity index (χ3v) is 4.01. The summed E-state index contributed by atoms with van der Waals surface area (Å²) in [6.45, 7) is 4.82. The van der Waals surface area contributed by atoms with Gasteiger partial charge in [0, 0.05) is 17.1 Å². The molecule has 1 heterocycles. The Bertz CT molecular complexity index is 614. The van der Waals surface area contributed by atoms with Gasteiger partial charge in [0.05, 0.1) is 11.4 Å². The number of carbonyl (C=O) groups excluding carboxylic acids is 1. The second kappa shape index (κ2) is 8.15. The number of aromatic nitrogens is 2. The predicted octanol–water partition coefficient (Wildman–Crippen LogP) is 3.66. The highest BCUT2D eigenvalue weighted by molar-refractivity contribution is 7.99. The van der Waals surface area contributed by atoms with Crippen molar-refractivity contribution in [1.29, 1.82) is 0 Å². The first-order valence-corrected chi connectivity index (χ1v) is 8.40. The lowest BCUT2D eigenvalue weighted by atomic mass is 10.1. The van der Waals surface area contributed by atoms with Crippen molar-refractivity contribution in [3.8, 4) is 11.3 Å². The van der Waals surface area contributed by atoms with E-state index in [1.807, 2.05) is 36.4 Å². The molecular weight excluding hydrogens is 318 g/mol. The minimum atomic E-state index is 0.0160. The van der Waals surface area contributed by atoms with E-state index in [4.69, 9.17) is 11.6 Å². The predicted molar refractivity (Wildman–Crippen MR) is 91.0 cm³/mol. The molecule has 0 radical (unpaired) electrons. The van der Waals surface area contributed by atoms with Crippen LogP contribution in [-0.2, 0) is 4.79 Å². The van der Waals surface area contributed by atoms with Crippen molar-refractivity contribution in [3.05, 3.63) is 41.4 Å². The molecule has 0 bridgehead atoms. The summed E-state index contributed by atoms with van der Waals surface area (Å²) in [4.78, 5) is 11.6. The Morgan fingerprint density at radius 2 is 1.91 bits per heavy atom. The van der Waals surface area contributed by atoms with Gasteiger partial charge >= 0.3 is 0 Å². The molecule has 1 aromatic carbocycles. The zero-order chi connectivity index (χ0) is 15.9. The van der Waals surface area contributed by atoms with Gasteiger partial charge in [0.15, 0.2) is 0 Å². The number of halogens is 1. The van der Waals surface area contributed by atoms with Crippen LogP contribution in [0, 0.1) is 5.92 Å². The van der Waals surface area contributed by atoms with Gasteiger partial charge in [-0.15, -0.1) is 10.2 Å². The lowest BCUT2D eigenvalue weighted by Crippen LogP contribution is -2.28. The summed E-state index contributed by atoms with van der Waals surface area (Å²) < 4.78 is 0. The number of hydrogen-bond acceptors (Lipinski definition) is 4. The van der Waals surface area contributed by atoms with Crippen LogP contribution < -0.4 is 5.32 Å². The lowest BCUT2D eigenvalue weighted by Gasteiger charge is -2.07. The molecule has 0 aliphatic rings. The molecule has 6 heteroatoms. The van der Waals surface area contributed by atoms with Crippen LogP contribution >= 0.6 is 23.4 Å². The van der Waals surface area contributed by atoms with E-state index in [-0.39, 0.29) is 5.91 Å². The maximum atomic E-state index is 11.6. The highest BCUT2D eigenvalue weighted by Gasteiger charge is 2.06. The summed E-state index contributed by atoms with van der Waals surface area (Å²) in [5.41, 5.74) is 1.74. The standard InChI is InChI=1S/C16H18ClN3OS/c1-11(2)9-18-15(21)10-22-16-8-7-14(19-20-16)12-3-5-13(17)6-4-12/h3-8,11H,9-10H2,1-2H3,(H,18,21). The smallest absolute Gasteiger partial charge is 0.230 e. The maximum absolute atomic E-state index is 11.6. The first-order valence-electron chi connectivity index (χ1n) is 7.04.